The van der Waals surface area contributed by atoms with E-state index in [1.807, 2.05) is 6.92 Å². The van der Waals surface area contributed by atoms with Crippen LogP contribution in [0.1, 0.15) is 17.3 Å². The summed E-state index contributed by atoms with van der Waals surface area (Å²) in [7, 11) is 0. The SMILES string of the molecule is Cc1nc(CN2CCN(c3nc4c(C)cccc4s3)CC2)no1. The average Bonchev–Trinajstić information content (AvgIpc) is 3.15. The van der Waals surface area contributed by atoms with Gasteiger partial charge in [0, 0.05) is 33.1 Å². The highest BCUT2D eigenvalue weighted by atomic mass is 32.1. The zero-order valence-electron chi connectivity index (χ0n) is 13.3. The number of hydrogen-bond acceptors (Lipinski definition) is 7. The summed E-state index contributed by atoms with van der Waals surface area (Å²) in [6.45, 7) is 8.64. The number of thiazole rings is 1. The molecule has 1 fully saturated rings. The number of aryl methyl sites for hydroxylation is 2. The third kappa shape index (κ3) is 2.94. The molecule has 0 spiro atoms. The summed E-state index contributed by atoms with van der Waals surface area (Å²) >= 11 is 1.78. The lowest BCUT2D eigenvalue weighted by atomic mass is 10.2. The van der Waals surface area contributed by atoms with E-state index < -0.39 is 0 Å². The van der Waals surface area contributed by atoms with Gasteiger partial charge in [-0.2, -0.15) is 4.98 Å². The fraction of sp³-hybridized carbons (Fsp3) is 0.438. The molecule has 1 saturated heterocycles. The molecule has 0 amide bonds. The van der Waals surface area contributed by atoms with Crippen LogP contribution in [0.5, 0.6) is 0 Å². The number of benzene rings is 1. The smallest absolute Gasteiger partial charge is 0.223 e. The second kappa shape index (κ2) is 5.90. The van der Waals surface area contributed by atoms with Crippen LogP contribution in [-0.2, 0) is 6.54 Å². The molecule has 0 unspecified atom stereocenters. The van der Waals surface area contributed by atoms with Crippen molar-refractivity contribution in [2.24, 2.45) is 0 Å². The maximum atomic E-state index is 5.03. The lowest BCUT2D eigenvalue weighted by Gasteiger charge is -2.33. The normalized spacial score (nSPS) is 16.3. The summed E-state index contributed by atoms with van der Waals surface area (Å²) in [5.41, 5.74) is 2.38. The summed E-state index contributed by atoms with van der Waals surface area (Å²) in [5.74, 6) is 1.40. The number of aromatic nitrogens is 3. The van der Waals surface area contributed by atoms with Crippen LogP contribution in [0, 0.1) is 13.8 Å². The Morgan fingerprint density at radius 3 is 2.65 bits per heavy atom. The first-order valence-electron chi connectivity index (χ1n) is 7.82. The molecule has 3 aromatic rings. The maximum Gasteiger partial charge on any atom is 0.223 e. The van der Waals surface area contributed by atoms with Gasteiger partial charge in [0.05, 0.1) is 16.8 Å². The summed E-state index contributed by atoms with van der Waals surface area (Å²) in [6.07, 6.45) is 0. The first kappa shape index (κ1) is 14.6. The largest absolute Gasteiger partial charge is 0.345 e. The first-order chi connectivity index (χ1) is 11.2. The zero-order valence-corrected chi connectivity index (χ0v) is 14.1. The van der Waals surface area contributed by atoms with E-state index in [0.717, 1.165) is 49.2 Å². The first-order valence-corrected chi connectivity index (χ1v) is 8.63. The number of para-hydroxylation sites is 1. The minimum atomic E-state index is 0.628. The molecule has 23 heavy (non-hydrogen) atoms. The van der Waals surface area contributed by atoms with Crippen molar-refractivity contribution in [1.82, 2.24) is 20.0 Å². The van der Waals surface area contributed by atoms with Crippen LogP contribution in [0.2, 0.25) is 0 Å². The van der Waals surface area contributed by atoms with E-state index in [1.165, 1.54) is 10.3 Å². The summed E-state index contributed by atoms with van der Waals surface area (Å²) < 4.78 is 6.30. The van der Waals surface area contributed by atoms with Gasteiger partial charge >= 0.3 is 0 Å². The molecule has 0 bridgehead atoms. The molecule has 1 aromatic carbocycles. The minimum Gasteiger partial charge on any atom is -0.345 e. The predicted molar refractivity (Wildman–Crippen MR) is 90.9 cm³/mol. The Hall–Kier alpha value is -1.99. The third-order valence-electron chi connectivity index (χ3n) is 4.19. The van der Waals surface area contributed by atoms with Crippen LogP contribution in [0.4, 0.5) is 5.13 Å². The molecule has 4 rings (SSSR count). The lowest BCUT2D eigenvalue weighted by Crippen LogP contribution is -2.46. The highest BCUT2D eigenvalue weighted by Gasteiger charge is 2.21. The zero-order chi connectivity index (χ0) is 15.8. The number of fused-ring (bicyclic) bond motifs is 1. The van der Waals surface area contributed by atoms with Gasteiger partial charge in [0.2, 0.25) is 5.89 Å². The van der Waals surface area contributed by atoms with E-state index in [9.17, 15) is 0 Å². The molecule has 6 nitrogen and oxygen atoms in total. The van der Waals surface area contributed by atoms with Gasteiger partial charge in [-0.15, -0.1) is 0 Å². The molecule has 0 N–H and O–H groups in total. The monoisotopic (exact) mass is 329 g/mol. The highest BCUT2D eigenvalue weighted by molar-refractivity contribution is 7.22. The van der Waals surface area contributed by atoms with Gasteiger partial charge in [-0.25, -0.2) is 4.98 Å². The van der Waals surface area contributed by atoms with Gasteiger partial charge in [-0.1, -0.05) is 28.6 Å². The van der Waals surface area contributed by atoms with Crippen LogP contribution in [0.15, 0.2) is 22.7 Å². The predicted octanol–water partition coefficient (Wildman–Crippen LogP) is 2.62. The number of nitrogens with zero attached hydrogens (tertiary/aromatic N) is 5. The van der Waals surface area contributed by atoms with Gasteiger partial charge in [0.15, 0.2) is 11.0 Å². The molecule has 1 aliphatic rings. The van der Waals surface area contributed by atoms with Crippen LogP contribution < -0.4 is 4.90 Å². The average molecular weight is 329 g/mol. The molecule has 3 heterocycles. The van der Waals surface area contributed by atoms with Gasteiger partial charge in [0.1, 0.15) is 0 Å². The minimum absolute atomic E-state index is 0.628. The topological polar surface area (TPSA) is 58.3 Å². The van der Waals surface area contributed by atoms with Crippen molar-refractivity contribution in [3.63, 3.8) is 0 Å². The summed E-state index contributed by atoms with van der Waals surface area (Å²) in [5, 5.41) is 5.10. The Morgan fingerprint density at radius 1 is 1.13 bits per heavy atom. The Kier molecular flexibility index (Phi) is 3.74. The van der Waals surface area contributed by atoms with E-state index in [4.69, 9.17) is 9.51 Å². The Balaban J connectivity index is 1.43. The Morgan fingerprint density at radius 2 is 1.96 bits per heavy atom. The molecule has 0 radical (unpaired) electrons. The Bertz CT molecular complexity index is 819. The van der Waals surface area contributed by atoms with Crippen molar-refractivity contribution < 1.29 is 4.52 Å². The molecule has 0 atom stereocenters. The second-order valence-electron chi connectivity index (χ2n) is 5.91. The van der Waals surface area contributed by atoms with Crippen molar-refractivity contribution in [3.05, 3.63) is 35.5 Å². The van der Waals surface area contributed by atoms with Gasteiger partial charge < -0.3 is 9.42 Å². The van der Waals surface area contributed by atoms with Gasteiger partial charge in [-0.3, -0.25) is 4.90 Å². The van der Waals surface area contributed by atoms with Crippen molar-refractivity contribution in [1.29, 1.82) is 0 Å². The van der Waals surface area contributed by atoms with Crippen molar-refractivity contribution in [3.8, 4) is 0 Å². The molecule has 0 aliphatic carbocycles. The second-order valence-corrected chi connectivity index (χ2v) is 6.92. The molecule has 2 aromatic heterocycles. The van der Waals surface area contributed by atoms with Crippen molar-refractivity contribution >= 4 is 26.7 Å². The summed E-state index contributed by atoms with van der Waals surface area (Å²) in [6, 6.07) is 6.37. The third-order valence-corrected chi connectivity index (χ3v) is 5.27. The standard InChI is InChI=1S/C16H19N5OS/c1-11-4-3-5-13-15(11)18-16(23-13)21-8-6-20(7-9-21)10-14-17-12(2)22-19-14/h3-5H,6-10H2,1-2H3. The Labute approximate surface area is 138 Å². The molecular formula is C16H19N5OS. The molecular weight excluding hydrogens is 310 g/mol. The van der Waals surface area contributed by atoms with Crippen LogP contribution >= 0.6 is 11.3 Å². The van der Waals surface area contributed by atoms with E-state index in [-0.39, 0.29) is 0 Å². The van der Waals surface area contributed by atoms with Crippen molar-refractivity contribution in [2.45, 2.75) is 20.4 Å². The van der Waals surface area contributed by atoms with Crippen LogP contribution in [-0.4, -0.2) is 46.2 Å². The fourth-order valence-electron chi connectivity index (χ4n) is 2.91. The number of hydrogen-bond donors (Lipinski definition) is 0. The van der Waals surface area contributed by atoms with E-state index in [1.54, 1.807) is 11.3 Å². The molecule has 1 aliphatic heterocycles. The lowest BCUT2D eigenvalue weighted by molar-refractivity contribution is 0.240. The van der Waals surface area contributed by atoms with Gasteiger partial charge in [-0.05, 0) is 18.6 Å². The fourth-order valence-corrected chi connectivity index (χ4v) is 4.01. The number of rotatable bonds is 3. The van der Waals surface area contributed by atoms with Crippen LogP contribution in [0.3, 0.4) is 0 Å². The number of anilines is 1. The van der Waals surface area contributed by atoms with E-state index in [2.05, 4.69) is 45.1 Å². The number of piperazine rings is 1. The van der Waals surface area contributed by atoms with Crippen molar-refractivity contribution in [2.75, 3.05) is 31.1 Å². The highest BCUT2D eigenvalue weighted by Crippen LogP contribution is 2.31. The van der Waals surface area contributed by atoms with Crippen LogP contribution in [0.25, 0.3) is 10.2 Å². The van der Waals surface area contributed by atoms with E-state index in [0.29, 0.717) is 5.89 Å². The molecule has 0 saturated carbocycles. The maximum absolute atomic E-state index is 5.03. The summed E-state index contributed by atoms with van der Waals surface area (Å²) in [4.78, 5) is 13.8. The quantitative estimate of drug-likeness (QED) is 0.736. The van der Waals surface area contributed by atoms with Gasteiger partial charge in [0.25, 0.3) is 0 Å². The molecule has 120 valence electrons. The molecule has 7 heteroatoms. The van der Waals surface area contributed by atoms with E-state index >= 15 is 0 Å².